The van der Waals surface area contributed by atoms with Crippen LogP contribution in [0.5, 0.6) is 5.75 Å². The Bertz CT molecular complexity index is 664. The number of benzene rings is 1. The second kappa shape index (κ2) is 9.32. The Morgan fingerprint density at radius 1 is 1.22 bits per heavy atom. The van der Waals surface area contributed by atoms with Crippen LogP contribution in [0.3, 0.4) is 0 Å². The standard InChI is InChI=1S/C19H27N3O4S/c1-25-16-5-3-4-15(12-16)21-8-6-20(7-9-21)14-18(23)22-10-11-27-17(13-22)19(24)26-2/h3-5,12,17H,6-11,13-14H2,1-2H3/p+1/t17-/m1/s1. The number of quaternary nitrogens is 1. The molecule has 2 fully saturated rings. The van der Waals surface area contributed by atoms with Crippen LogP contribution in [0.2, 0.25) is 0 Å². The van der Waals surface area contributed by atoms with Gasteiger partial charge in [0.1, 0.15) is 11.0 Å². The molecule has 0 bridgehead atoms. The van der Waals surface area contributed by atoms with Crippen molar-refractivity contribution in [1.29, 1.82) is 0 Å². The van der Waals surface area contributed by atoms with E-state index in [1.54, 1.807) is 18.9 Å². The number of methoxy groups -OCH3 is 2. The van der Waals surface area contributed by atoms with Crippen LogP contribution in [0.25, 0.3) is 0 Å². The van der Waals surface area contributed by atoms with Crippen molar-refractivity contribution in [2.24, 2.45) is 0 Å². The number of hydrogen-bond acceptors (Lipinski definition) is 6. The van der Waals surface area contributed by atoms with Gasteiger partial charge in [-0.15, -0.1) is 11.8 Å². The van der Waals surface area contributed by atoms with Gasteiger partial charge in [-0.1, -0.05) is 6.07 Å². The second-order valence-corrected chi connectivity index (χ2v) is 8.15. The minimum Gasteiger partial charge on any atom is -0.497 e. The third kappa shape index (κ3) is 5.07. The first-order valence-corrected chi connectivity index (χ1v) is 10.4. The van der Waals surface area contributed by atoms with E-state index in [0.717, 1.165) is 43.4 Å². The zero-order chi connectivity index (χ0) is 19.2. The van der Waals surface area contributed by atoms with Gasteiger partial charge in [0.05, 0.1) is 40.4 Å². The molecule has 1 atom stereocenters. The van der Waals surface area contributed by atoms with Gasteiger partial charge >= 0.3 is 5.97 Å². The Morgan fingerprint density at radius 3 is 2.70 bits per heavy atom. The average Bonchev–Trinajstić information content (AvgIpc) is 2.73. The lowest BCUT2D eigenvalue weighted by atomic mass is 10.2. The number of anilines is 1. The zero-order valence-electron chi connectivity index (χ0n) is 16.0. The predicted octanol–water partition coefficient (Wildman–Crippen LogP) is -0.483. The number of rotatable bonds is 5. The molecule has 1 amide bonds. The van der Waals surface area contributed by atoms with Crippen LogP contribution >= 0.6 is 11.8 Å². The molecule has 27 heavy (non-hydrogen) atoms. The molecule has 8 heteroatoms. The van der Waals surface area contributed by atoms with Crippen molar-refractivity contribution in [2.45, 2.75) is 5.25 Å². The fraction of sp³-hybridized carbons (Fsp3) is 0.579. The van der Waals surface area contributed by atoms with E-state index in [4.69, 9.17) is 9.47 Å². The SMILES string of the molecule is COC(=O)[C@H]1CN(C(=O)C[NH+]2CCN(c3cccc(OC)c3)CC2)CCS1. The van der Waals surface area contributed by atoms with E-state index < -0.39 is 0 Å². The Balaban J connectivity index is 1.48. The summed E-state index contributed by atoms with van der Waals surface area (Å²) in [6.45, 7) is 5.33. The molecule has 7 nitrogen and oxygen atoms in total. The molecule has 0 radical (unpaired) electrons. The van der Waals surface area contributed by atoms with Crippen molar-refractivity contribution >= 4 is 29.3 Å². The molecule has 2 aliphatic rings. The van der Waals surface area contributed by atoms with Crippen LogP contribution in [-0.2, 0) is 14.3 Å². The summed E-state index contributed by atoms with van der Waals surface area (Å²) in [5.41, 5.74) is 1.16. The fourth-order valence-corrected chi connectivity index (χ4v) is 4.67. The first kappa shape index (κ1) is 19.8. The number of hydrogen-bond donors (Lipinski definition) is 1. The molecule has 1 aromatic rings. The topological polar surface area (TPSA) is 63.5 Å². The summed E-state index contributed by atoms with van der Waals surface area (Å²) in [6, 6.07) is 8.09. The predicted molar refractivity (Wildman–Crippen MR) is 106 cm³/mol. The largest absolute Gasteiger partial charge is 0.497 e. The lowest BCUT2D eigenvalue weighted by Gasteiger charge is -2.35. The molecular weight excluding hydrogens is 366 g/mol. The number of carbonyl (C=O) groups excluding carboxylic acids is 2. The zero-order valence-corrected chi connectivity index (χ0v) is 16.8. The lowest BCUT2D eigenvalue weighted by Crippen LogP contribution is -3.16. The van der Waals surface area contributed by atoms with Crippen molar-refractivity contribution < 1.29 is 24.0 Å². The van der Waals surface area contributed by atoms with E-state index in [1.165, 1.54) is 12.0 Å². The highest BCUT2D eigenvalue weighted by molar-refractivity contribution is 8.00. The molecule has 0 aliphatic carbocycles. The van der Waals surface area contributed by atoms with Crippen molar-refractivity contribution in [3.05, 3.63) is 24.3 Å². The Morgan fingerprint density at radius 2 is 2.00 bits per heavy atom. The van der Waals surface area contributed by atoms with Crippen LogP contribution in [0.1, 0.15) is 0 Å². The second-order valence-electron chi connectivity index (χ2n) is 6.84. The summed E-state index contributed by atoms with van der Waals surface area (Å²) >= 11 is 1.57. The monoisotopic (exact) mass is 394 g/mol. The van der Waals surface area contributed by atoms with Gasteiger partial charge in [0, 0.05) is 30.6 Å². The smallest absolute Gasteiger partial charge is 0.320 e. The average molecular weight is 395 g/mol. The molecule has 0 aromatic heterocycles. The minimum atomic E-state index is -0.257. The molecule has 1 aromatic carbocycles. The van der Waals surface area contributed by atoms with Crippen molar-refractivity contribution in [3.8, 4) is 5.75 Å². The first-order valence-electron chi connectivity index (χ1n) is 9.30. The van der Waals surface area contributed by atoms with Crippen LogP contribution in [-0.4, -0.2) is 87.8 Å². The van der Waals surface area contributed by atoms with Crippen LogP contribution in [0.15, 0.2) is 24.3 Å². The summed E-state index contributed by atoms with van der Waals surface area (Å²) in [5.74, 6) is 1.54. The van der Waals surface area contributed by atoms with Gasteiger partial charge in [0.25, 0.3) is 5.91 Å². The van der Waals surface area contributed by atoms with Crippen LogP contribution in [0, 0.1) is 0 Å². The summed E-state index contributed by atoms with van der Waals surface area (Å²) in [6.07, 6.45) is 0. The van der Waals surface area contributed by atoms with E-state index in [9.17, 15) is 9.59 Å². The van der Waals surface area contributed by atoms with E-state index in [0.29, 0.717) is 19.6 Å². The van der Waals surface area contributed by atoms with Crippen LogP contribution < -0.4 is 14.5 Å². The Labute approximate surface area is 164 Å². The van der Waals surface area contributed by atoms with E-state index in [2.05, 4.69) is 17.0 Å². The normalized spacial score (nSPS) is 21.0. The first-order chi connectivity index (χ1) is 13.1. The summed E-state index contributed by atoms with van der Waals surface area (Å²) < 4.78 is 10.1. The van der Waals surface area contributed by atoms with Gasteiger partial charge in [-0.3, -0.25) is 9.59 Å². The van der Waals surface area contributed by atoms with E-state index in [-0.39, 0.29) is 17.1 Å². The molecule has 0 saturated carbocycles. The van der Waals surface area contributed by atoms with Crippen molar-refractivity contribution in [1.82, 2.24) is 4.90 Å². The Kier molecular flexibility index (Phi) is 6.84. The van der Waals surface area contributed by atoms with Gasteiger partial charge in [-0.2, -0.15) is 0 Å². The van der Waals surface area contributed by atoms with Crippen LogP contribution in [0.4, 0.5) is 5.69 Å². The number of nitrogens with one attached hydrogen (secondary N) is 1. The van der Waals surface area contributed by atoms with Gasteiger partial charge in [0.2, 0.25) is 0 Å². The van der Waals surface area contributed by atoms with Gasteiger partial charge < -0.3 is 24.2 Å². The maximum Gasteiger partial charge on any atom is 0.320 e. The molecule has 3 rings (SSSR count). The highest BCUT2D eigenvalue weighted by Gasteiger charge is 2.32. The summed E-state index contributed by atoms with van der Waals surface area (Å²) in [7, 11) is 3.08. The summed E-state index contributed by atoms with van der Waals surface area (Å²) in [5, 5.41) is -0.257. The highest BCUT2D eigenvalue weighted by atomic mass is 32.2. The van der Waals surface area contributed by atoms with E-state index in [1.807, 2.05) is 17.0 Å². The number of ether oxygens (including phenoxy) is 2. The van der Waals surface area contributed by atoms with Crippen molar-refractivity contribution in [2.75, 3.05) is 70.7 Å². The fourth-order valence-electron chi connectivity index (χ4n) is 3.54. The highest BCUT2D eigenvalue weighted by Crippen LogP contribution is 2.21. The number of esters is 1. The van der Waals surface area contributed by atoms with Gasteiger partial charge in [-0.25, -0.2) is 0 Å². The quantitative estimate of drug-likeness (QED) is 0.681. The lowest BCUT2D eigenvalue weighted by molar-refractivity contribution is -0.892. The molecule has 2 heterocycles. The number of thioether (sulfide) groups is 1. The van der Waals surface area contributed by atoms with Gasteiger partial charge in [-0.05, 0) is 12.1 Å². The number of piperazine rings is 1. The van der Waals surface area contributed by atoms with Gasteiger partial charge in [0.15, 0.2) is 6.54 Å². The molecule has 1 N–H and O–H groups in total. The van der Waals surface area contributed by atoms with E-state index >= 15 is 0 Å². The molecular formula is C19H28N3O4S+. The molecule has 0 spiro atoms. The molecule has 2 saturated heterocycles. The molecule has 2 aliphatic heterocycles. The Hall–Kier alpha value is -1.93. The number of nitrogens with zero attached hydrogens (tertiary/aromatic N) is 2. The summed E-state index contributed by atoms with van der Waals surface area (Å²) in [4.78, 5) is 29.9. The number of amides is 1. The maximum atomic E-state index is 12.7. The third-order valence-corrected chi connectivity index (χ3v) is 6.34. The minimum absolute atomic E-state index is 0.133. The molecule has 148 valence electrons. The third-order valence-electron chi connectivity index (χ3n) is 5.17. The number of carbonyl (C=O) groups is 2. The van der Waals surface area contributed by atoms with Crippen molar-refractivity contribution in [3.63, 3.8) is 0 Å². The maximum absolute atomic E-state index is 12.7. The molecule has 0 unspecified atom stereocenters.